The van der Waals surface area contributed by atoms with Gasteiger partial charge in [-0.2, -0.15) is 0 Å². The van der Waals surface area contributed by atoms with Gasteiger partial charge in [0.05, 0.1) is 30.9 Å². The molecule has 2 heterocycles. The van der Waals surface area contributed by atoms with Gasteiger partial charge in [0.1, 0.15) is 11.8 Å². The molecule has 0 saturated carbocycles. The van der Waals surface area contributed by atoms with Gasteiger partial charge in [0.15, 0.2) is 0 Å². The fourth-order valence-corrected chi connectivity index (χ4v) is 2.51. The van der Waals surface area contributed by atoms with E-state index in [9.17, 15) is 9.90 Å². The van der Waals surface area contributed by atoms with Crippen LogP contribution in [0.4, 0.5) is 0 Å². The SMILES string of the molecule is CC1COC(CO)CN1C(=O)c1coc2ccccc12. The zero-order chi connectivity index (χ0) is 14.1. The van der Waals surface area contributed by atoms with Gasteiger partial charge in [-0.25, -0.2) is 0 Å². The zero-order valence-corrected chi connectivity index (χ0v) is 11.3. The Kier molecular flexibility index (Phi) is 3.46. The van der Waals surface area contributed by atoms with Crippen LogP contribution >= 0.6 is 0 Å². The van der Waals surface area contributed by atoms with Crippen molar-refractivity contribution in [3.8, 4) is 0 Å². The van der Waals surface area contributed by atoms with Crippen LogP contribution in [0.1, 0.15) is 17.3 Å². The summed E-state index contributed by atoms with van der Waals surface area (Å²) in [7, 11) is 0. The third-order valence-corrected chi connectivity index (χ3v) is 3.68. The topological polar surface area (TPSA) is 62.9 Å². The van der Waals surface area contributed by atoms with Crippen molar-refractivity contribution in [1.29, 1.82) is 0 Å². The number of rotatable bonds is 2. The Labute approximate surface area is 116 Å². The molecular weight excluding hydrogens is 258 g/mol. The molecule has 5 nitrogen and oxygen atoms in total. The summed E-state index contributed by atoms with van der Waals surface area (Å²) in [5, 5.41) is 10.0. The van der Waals surface area contributed by atoms with Crippen LogP contribution in [0.15, 0.2) is 34.9 Å². The lowest BCUT2D eigenvalue weighted by atomic mass is 10.1. The molecule has 20 heavy (non-hydrogen) atoms. The number of aliphatic hydroxyl groups excluding tert-OH is 1. The molecule has 2 atom stereocenters. The van der Waals surface area contributed by atoms with Crippen molar-refractivity contribution in [1.82, 2.24) is 4.90 Å². The molecule has 5 heteroatoms. The summed E-state index contributed by atoms with van der Waals surface area (Å²) in [6.45, 7) is 2.69. The van der Waals surface area contributed by atoms with Crippen molar-refractivity contribution in [3.05, 3.63) is 36.1 Å². The Balaban J connectivity index is 1.91. The minimum atomic E-state index is -0.312. The van der Waals surface area contributed by atoms with Gasteiger partial charge < -0.3 is 19.2 Å². The van der Waals surface area contributed by atoms with Crippen molar-refractivity contribution in [2.24, 2.45) is 0 Å². The number of benzene rings is 1. The first-order valence-corrected chi connectivity index (χ1v) is 6.70. The van der Waals surface area contributed by atoms with E-state index in [1.165, 1.54) is 6.26 Å². The van der Waals surface area contributed by atoms with E-state index in [0.717, 1.165) is 5.39 Å². The highest BCUT2D eigenvalue weighted by Gasteiger charge is 2.31. The number of nitrogens with zero attached hydrogens (tertiary/aromatic N) is 1. The zero-order valence-electron chi connectivity index (χ0n) is 11.3. The Morgan fingerprint density at radius 3 is 3.05 bits per heavy atom. The number of morpholine rings is 1. The lowest BCUT2D eigenvalue weighted by Gasteiger charge is -2.37. The van der Waals surface area contributed by atoms with Gasteiger partial charge in [-0.3, -0.25) is 4.79 Å². The lowest BCUT2D eigenvalue weighted by molar-refractivity contribution is -0.0667. The highest BCUT2D eigenvalue weighted by molar-refractivity contribution is 6.06. The molecule has 1 aliphatic rings. The average molecular weight is 275 g/mol. The molecule has 106 valence electrons. The average Bonchev–Trinajstić information content (AvgIpc) is 2.91. The molecule has 0 aliphatic carbocycles. The maximum Gasteiger partial charge on any atom is 0.258 e. The minimum absolute atomic E-state index is 0.0148. The summed E-state index contributed by atoms with van der Waals surface area (Å²) in [5.41, 5.74) is 1.27. The van der Waals surface area contributed by atoms with E-state index in [4.69, 9.17) is 9.15 Å². The smallest absolute Gasteiger partial charge is 0.258 e. The highest BCUT2D eigenvalue weighted by Crippen LogP contribution is 2.24. The number of aliphatic hydroxyl groups is 1. The molecule has 0 radical (unpaired) electrons. The third-order valence-electron chi connectivity index (χ3n) is 3.68. The second-order valence-electron chi connectivity index (χ2n) is 5.09. The molecule has 1 N–H and O–H groups in total. The Morgan fingerprint density at radius 2 is 2.25 bits per heavy atom. The lowest BCUT2D eigenvalue weighted by Crippen LogP contribution is -2.52. The fourth-order valence-electron chi connectivity index (χ4n) is 2.51. The van der Waals surface area contributed by atoms with Crippen LogP contribution in [0, 0.1) is 0 Å². The van der Waals surface area contributed by atoms with Crippen molar-refractivity contribution < 1.29 is 19.1 Å². The molecule has 1 amide bonds. The van der Waals surface area contributed by atoms with E-state index in [0.29, 0.717) is 24.3 Å². The number of carbonyl (C=O) groups is 1. The normalized spacial score (nSPS) is 23.2. The van der Waals surface area contributed by atoms with E-state index >= 15 is 0 Å². The molecule has 1 fully saturated rings. The van der Waals surface area contributed by atoms with Gasteiger partial charge in [0.25, 0.3) is 5.91 Å². The molecule has 2 aromatic rings. The van der Waals surface area contributed by atoms with Crippen molar-refractivity contribution in [2.75, 3.05) is 19.8 Å². The van der Waals surface area contributed by atoms with E-state index in [1.807, 2.05) is 31.2 Å². The monoisotopic (exact) mass is 275 g/mol. The summed E-state index contributed by atoms with van der Waals surface area (Å²) in [6, 6.07) is 7.46. The van der Waals surface area contributed by atoms with Crippen LogP contribution in [0.25, 0.3) is 11.0 Å². The Hall–Kier alpha value is -1.85. The number of ether oxygens (including phenoxy) is 1. The number of furan rings is 1. The van der Waals surface area contributed by atoms with Gasteiger partial charge >= 0.3 is 0 Å². The van der Waals surface area contributed by atoms with Crippen LogP contribution in [0.5, 0.6) is 0 Å². The van der Waals surface area contributed by atoms with Crippen LogP contribution in [-0.4, -0.2) is 47.8 Å². The van der Waals surface area contributed by atoms with Crippen LogP contribution in [0.3, 0.4) is 0 Å². The fraction of sp³-hybridized carbons (Fsp3) is 0.400. The number of fused-ring (bicyclic) bond motifs is 1. The number of para-hydroxylation sites is 1. The largest absolute Gasteiger partial charge is 0.463 e. The van der Waals surface area contributed by atoms with Crippen LogP contribution in [-0.2, 0) is 4.74 Å². The van der Waals surface area contributed by atoms with E-state index in [-0.39, 0.29) is 24.7 Å². The van der Waals surface area contributed by atoms with Crippen molar-refractivity contribution >= 4 is 16.9 Å². The molecule has 1 aromatic carbocycles. The quantitative estimate of drug-likeness (QED) is 0.905. The predicted molar refractivity (Wildman–Crippen MR) is 73.5 cm³/mol. The summed E-state index contributed by atoms with van der Waals surface area (Å²) < 4.78 is 10.9. The van der Waals surface area contributed by atoms with Gasteiger partial charge in [-0.1, -0.05) is 18.2 Å². The van der Waals surface area contributed by atoms with E-state index in [1.54, 1.807) is 4.90 Å². The molecule has 3 rings (SSSR count). The summed E-state index contributed by atoms with van der Waals surface area (Å²) in [5.74, 6) is -0.0794. The molecular formula is C15H17NO4. The van der Waals surface area contributed by atoms with Crippen LogP contribution < -0.4 is 0 Å². The number of carbonyl (C=O) groups excluding carboxylic acids is 1. The maximum atomic E-state index is 12.7. The molecule has 1 saturated heterocycles. The molecule has 1 aliphatic heterocycles. The Bertz CT molecular complexity index is 621. The van der Waals surface area contributed by atoms with Crippen molar-refractivity contribution in [3.63, 3.8) is 0 Å². The molecule has 1 aromatic heterocycles. The second kappa shape index (κ2) is 5.26. The minimum Gasteiger partial charge on any atom is -0.463 e. The van der Waals surface area contributed by atoms with Gasteiger partial charge in [0, 0.05) is 11.9 Å². The molecule has 0 bridgehead atoms. The maximum absolute atomic E-state index is 12.7. The summed E-state index contributed by atoms with van der Waals surface area (Å²) >= 11 is 0. The number of hydrogen-bond donors (Lipinski definition) is 1. The molecule has 2 unspecified atom stereocenters. The first-order valence-electron chi connectivity index (χ1n) is 6.70. The van der Waals surface area contributed by atoms with E-state index < -0.39 is 0 Å². The molecule has 0 spiro atoms. The van der Waals surface area contributed by atoms with Crippen molar-refractivity contribution in [2.45, 2.75) is 19.1 Å². The Morgan fingerprint density at radius 1 is 1.45 bits per heavy atom. The predicted octanol–water partition coefficient (Wildman–Crippen LogP) is 1.65. The summed E-state index contributed by atoms with van der Waals surface area (Å²) in [6.07, 6.45) is 1.19. The van der Waals surface area contributed by atoms with Gasteiger partial charge in [-0.15, -0.1) is 0 Å². The van der Waals surface area contributed by atoms with Gasteiger partial charge in [-0.05, 0) is 13.0 Å². The third kappa shape index (κ3) is 2.19. The number of amides is 1. The second-order valence-corrected chi connectivity index (χ2v) is 5.09. The first-order chi connectivity index (χ1) is 9.70. The van der Waals surface area contributed by atoms with E-state index in [2.05, 4.69) is 0 Å². The standard InChI is InChI=1S/C15H17NO4/c1-10-8-19-11(7-17)6-16(10)15(18)13-9-20-14-5-3-2-4-12(13)14/h2-5,9-11,17H,6-8H2,1H3. The number of hydrogen-bond acceptors (Lipinski definition) is 4. The first kappa shape index (κ1) is 13.1. The highest BCUT2D eigenvalue weighted by atomic mass is 16.5. The van der Waals surface area contributed by atoms with Crippen LogP contribution in [0.2, 0.25) is 0 Å². The van der Waals surface area contributed by atoms with Gasteiger partial charge in [0.2, 0.25) is 0 Å². The summed E-state index contributed by atoms with van der Waals surface area (Å²) in [4.78, 5) is 14.4.